The van der Waals surface area contributed by atoms with E-state index >= 15 is 0 Å². The van der Waals surface area contributed by atoms with Gasteiger partial charge in [-0.05, 0) is 6.92 Å². The zero-order valence-corrected chi connectivity index (χ0v) is 9.21. The molecule has 1 atom stereocenters. The Morgan fingerprint density at radius 1 is 1.69 bits per heavy atom. The molecule has 7 nitrogen and oxygen atoms in total. The summed E-state index contributed by atoms with van der Waals surface area (Å²) in [6, 6.07) is 0. The fraction of sp³-hybridized carbons (Fsp3) is 0.444. The number of amides is 1. The molecular formula is C9H15N5O2. The first kappa shape index (κ1) is 12.3. The van der Waals surface area contributed by atoms with Crippen LogP contribution in [0.15, 0.2) is 12.4 Å². The molecule has 1 heterocycles. The van der Waals surface area contributed by atoms with Crippen molar-refractivity contribution in [1.82, 2.24) is 14.9 Å². The second-order valence-corrected chi connectivity index (χ2v) is 3.47. The summed E-state index contributed by atoms with van der Waals surface area (Å²) in [4.78, 5) is 20.9. The molecular weight excluding hydrogens is 210 g/mol. The van der Waals surface area contributed by atoms with Crippen LogP contribution in [-0.4, -0.2) is 45.6 Å². The number of hydrogen-bond donors (Lipinski definition) is 3. The Hall–Kier alpha value is -1.73. The van der Waals surface area contributed by atoms with Gasteiger partial charge in [0.2, 0.25) is 0 Å². The van der Waals surface area contributed by atoms with Gasteiger partial charge in [-0.3, -0.25) is 9.78 Å². The lowest BCUT2D eigenvalue weighted by Gasteiger charge is -2.18. The molecule has 0 radical (unpaired) electrons. The first-order chi connectivity index (χ1) is 7.54. The van der Waals surface area contributed by atoms with Crippen molar-refractivity contribution in [1.29, 1.82) is 0 Å². The molecule has 7 heteroatoms. The number of aromatic nitrogens is 2. The van der Waals surface area contributed by atoms with E-state index in [0.717, 1.165) is 0 Å². The lowest BCUT2D eigenvalue weighted by molar-refractivity contribution is 0.0698. The fourth-order valence-corrected chi connectivity index (χ4v) is 1.21. The Morgan fingerprint density at radius 3 is 2.94 bits per heavy atom. The summed E-state index contributed by atoms with van der Waals surface area (Å²) in [6.45, 7) is 1.84. The van der Waals surface area contributed by atoms with E-state index in [9.17, 15) is 4.79 Å². The average molecular weight is 225 g/mol. The van der Waals surface area contributed by atoms with Crippen molar-refractivity contribution < 1.29 is 9.90 Å². The molecule has 88 valence electrons. The smallest absolute Gasteiger partial charge is 0.273 e. The van der Waals surface area contributed by atoms with Crippen molar-refractivity contribution >= 4 is 11.7 Å². The van der Waals surface area contributed by atoms with Crippen LogP contribution in [0, 0.1) is 0 Å². The van der Waals surface area contributed by atoms with Crippen LogP contribution in [0.3, 0.4) is 0 Å². The average Bonchev–Trinajstić information content (AvgIpc) is 2.27. The third-order valence-electron chi connectivity index (χ3n) is 1.89. The van der Waals surface area contributed by atoms with Crippen molar-refractivity contribution in [2.24, 2.45) is 5.84 Å². The van der Waals surface area contributed by atoms with Gasteiger partial charge in [-0.1, -0.05) is 0 Å². The largest absolute Gasteiger partial charge is 0.392 e. The van der Waals surface area contributed by atoms with Crippen molar-refractivity contribution in [2.45, 2.75) is 13.0 Å². The van der Waals surface area contributed by atoms with Gasteiger partial charge >= 0.3 is 0 Å². The summed E-state index contributed by atoms with van der Waals surface area (Å²) >= 11 is 0. The highest BCUT2D eigenvalue weighted by molar-refractivity contribution is 5.92. The monoisotopic (exact) mass is 225 g/mol. The zero-order chi connectivity index (χ0) is 12.1. The number of hydrogen-bond acceptors (Lipinski definition) is 6. The van der Waals surface area contributed by atoms with Crippen LogP contribution in [0.1, 0.15) is 17.4 Å². The third kappa shape index (κ3) is 3.14. The third-order valence-corrected chi connectivity index (χ3v) is 1.89. The van der Waals surface area contributed by atoms with Gasteiger partial charge in [-0.25, -0.2) is 10.8 Å². The van der Waals surface area contributed by atoms with Crippen LogP contribution in [-0.2, 0) is 0 Å². The second kappa shape index (κ2) is 5.38. The van der Waals surface area contributed by atoms with E-state index in [1.807, 2.05) is 0 Å². The number of nitrogens with one attached hydrogen (secondary N) is 1. The normalized spacial score (nSPS) is 12.0. The van der Waals surface area contributed by atoms with E-state index < -0.39 is 6.10 Å². The highest BCUT2D eigenvalue weighted by Crippen LogP contribution is 2.03. The Balaban J connectivity index is 2.79. The lowest BCUT2D eigenvalue weighted by atomic mass is 10.3. The number of aliphatic hydroxyl groups is 1. The lowest BCUT2D eigenvalue weighted by Crippen LogP contribution is -2.33. The van der Waals surface area contributed by atoms with Crippen LogP contribution in [0.4, 0.5) is 5.82 Å². The summed E-state index contributed by atoms with van der Waals surface area (Å²) in [7, 11) is 1.58. The predicted molar refractivity (Wildman–Crippen MR) is 58.5 cm³/mol. The van der Waals surface area contributed by atoms with Crippen LogP contribution in [0.5, 0.6) is 0 Å². The van der Waals surface area contributed by atoms with E-state index in [2.05, 4.69) is 15.4 Å². The molecule has 0 aliphatic carbocycles. The maximum absolute atomic E-state index is 11.8. The topological polar surface area (TPSA) is 104 Å². The van der Waals surface area contributed by atoms with Gasteiger partial charge in [-0.15, -0.1) is 0 Å². The molecule has 0 aliphatic heterocycles. The first-order valence-electron chi connectivity index (χ1n) is 4.76. The molecule has 0 saturated heterocycles. The van der Waals surface area contributed by atoms with E-state index in [4.69, 9.17) is 10.9 Å². The number of rotatable bonds is 4. The maximum atomic E-state index is 11.8. The number of nitrogen functional groups attached to an aromatic ring is 1. The molecule has 0 aliphatic rings. The minimum Gasteiger partial charge on any atom is -0.392 e. The molecule has 0 aromatic carbocycles. The number of anilines is 1. The molecule has 0 fully saturated rings. The Labute approximate surface area is 93.3 Å². The van der Waals surface area contributed by atoms with Gasteiger partial charge in [-0.2, -0.15) is 0 Å². The van der Waals surface area contributed by atoms with E-state index in [1.54, 1.807) is 14.0 Å². The van der Waals surface area contributed by atoms with Crippen molar-refractivity contribution in [3.63, 3.8) is 0 Å². The van der Waals surface area contributed by atoms with Crippen LogP contribution in [0.2, 0.25) is 0 Å². The van der Waals surface area contributed by atoms with E-state index in [-0.39, 0.29) is 18.1 Å². The summed E-state index contributed by atoms with van der Waals surface area (Å²) in [5, 5.41) is 9.16. The van der Waals surface area contributed by atoms with E-state index in [1.165, 1.54) is 17.3 Å². The standard InChI is InChI=1S/C9H15N5O2/c1-6(15)5-14(2)9(16)7-3-11-4-8(12-7)13-10/h3-4,6,15H,5,10H2,1-2H3,(H,12,13). The molecule has 1 aromatic heterocycles. The minimum atomic E-state index is -0.585. The van der Waals surface area contributed by atoms with E-state index in [0.29, 0.717) is 5.82 Å². The zero-order valence-electron chi connectivity index (χ0n) is 9.21. The molecule has 16 heavy (non-hydrogen) atoms. The van der Waals surface area contributed by atoms with Gasteiger partial charge in [0.25, 0.3) is 5.91 Å². The molecule has 0 spiro atoms. The maximum Gasteiger partial charge on any atom is 0.273 e. The first-order valence-corrected chi connectivity index (χ1v) is 4.76. The molecule has 0 bridgehead atoms. The summed E-state index contributed by atoms with van der Waals surface area (Å²) in [6.07, 6.45) is 2.17. The highest BCUT2D eigenvalue weighted by Gasteiger charge is 2.15. The second-order valence-electron chi connectivity index (χ2n) is 3.47. The number of aliphatic hydroxyl groups excluding tert-OH is 1. The summed E-state index contributed by atoms with van der Waals surface area (Å²) in [5.74, 6) is 5.16. The Bertz CT molecular complexity index is 369. The number of nitrogens with two attached hydrogens (primary N) is 1. The fourth-order valence-electron chi connectivity index (χ4n) is 1.21. The predicted octanol–water partition coefficient (Wildman–Crippen LogP) is -0.785. The van der Waals surface area contributed by atoms with Crippen LogP contribution < -0.4 is 11.3 Å². The quantitative estimate of drug-likeness (QED) is 0.458. The summed E-state index contributed by atoms with van der Waals surface area (Å²) < 4.78 is 0. The molecule has 0 saturated carbocycles. The van der Waals surface area contributed by atoms with Gasteiger partial charge in [0.1, 0.15) is 5.69 Å². The number of likely N-dealkylation sites (N-methyl/N-ethyl adjacent to an activating group) is 1. The molecule has 4 N–H and O–H groups in total. The van der Waals surface area contributed by atoms with Gasteiger partial charge in [0, 0.05) is 13.6 Å². The number of hydrazine groups is 1. The molecule has 1 aromatic rings. The highest BCUT2D eigenvalue weighted by atomic mass is 16.3. The molecule has 1 rings (SSSR count). The number of nitrogens with zero attached hydrogens (tertiary/aromatic N) is 3. The van der Waals surface area contributed by atoms with Crippen LogP contribution in [0.25, 0.3) is 0 Å². The van der Waals surface area contributed by atoms with Crippen molar-refractivity contribution in [2.75, 3.05) is 19.0 Å². The Morgan fingerprint density at radius 2 is 2.38 bits per heavy atom. The molecule has 1 amide bonds. The van der Waals surface area contributed by atoms with Gasteiger partial charge < -0.3 is 15.4 Å². The minimum absolute atomic E-state index is 0.179. The number of carbonyl (C=O) groups excluding carboxylic acids is 1. The molecule has 1 unspecified atom stereocenters. The van der Waals surface area contributed by atoms with Gasteiger partial charge in [0.05, 0.1) is 18.5 Å². The SMILES string of the molecule is CC(O)CN(C)C(=O)c1cncc(NN)n1. The summed E-state index contributed by atoms with van der Waals surface area (Å²) in [5.41, 5.74) is 2.49. The van der Waals surface area contributed by atoms with Crippen molar-refractivity contribution in [3.05, 3.63) is 18.1 Å². The van der Waals surface area contributed by atoms with Crippen LogP contribution >= 0.6 is 0 Å². The Kier molecular flexibility index (Phi) is 4.15. The van der Waals surface area contributed by atoms with Crippen molar-refractivity contribution in [3.8, 4) is 0 Å². The van der Waals surface area contributed by atoms with Gasteiger partial charge in [0.15, 0.2) is 5.82 Å². The number of carbonyl (C=O) groups is 1.